The van der Waals surface area contributed by atoms with Crippen molar-refractivity contribution in [2.75, 3.05) is 20.6 Å². The molecule has 0 bridgehead atoms. The van der Waals surface area contributed by atoms with Crippen molar-refractivity contribution in [1.29, 1.82) is 0 Å². The highest BCUT2D eigenvalue weighted by atomic mass is 127. The Balaban J connectivity index is 1.86. The van der Waals surface area contributed by atoms with Crippen LogP contribution in [-0.4, -0.2) is 31.1 Å². The third-order valence-corrected chi connectivity index (χ3v) is 4.69. The highest BCUT2D eigenvalue weighted by Gasteiger charge is 2.33. The first-order valence-corrected chi connectivity index (χ1v) is 7.83. The predicted molar refractivity (Wildman–Crippen MR) is 82.6 cm³/mol. The van der Waals surface area contributed by atoms with Gasteiger partial charge in [-0.3, -0.25) is 0 Å². The number of hydrogen-bond acceptors (Lipinski definition) is 3. The van der Waals surface area contributed by atoms with Crippen LogP contribution in [0.5, 0.6) is 0 Å². The average Bonchev–Trinajstić information content (AvgIpc) is 2.76. The van der Waals surface area contributed by atoms with Gasteiger partial charge in [-0.15, -0.1) is 0 Å². The average molecular weight is 362 g/mol. The topological polar surface area (TPSA) is 28.4 Å². The van der Waals surface area contributed by atoms with Crippen LogP contribution >= 0.6 is 22.6 Å². The Hall–Kier alpha value is -0.0700. The number of hydrogen-bond donors (Lipinski definition) is 1. The summed E-state index contributed by atoms with van der Waals surface area (Å²) in [4.78, 5) is 2.41. The maximum atomic E-state index is 5.58. The van der Waals surface area contributed by atoms with Crippen LogP contribution in [0.1, 0.15) is 37.9 Å². The molecule has 102 valence electrons. The van der Waals surface area contributed by atoms with Crippen LogP contribution in [0.25, 0.3) is 0 Å². The molecular formula is C14H23IN2O. The number of likely N-dealkylation sites (N-methyl/N-ethyl adjacent to an activating group) is 1. The lowest BCUT2D eigenvalue weighted by atomic mass is 9.80. The maximum Gasteiger partial charge on any atom is 0.164 e. The molecule has 0 aliphatic heterocycles. The van der Waals surface area contributed by atoms with Crippen molar-refractivity contribution in [3.05, 3.63) is 21.7 Å². The summed E-state index contributed by atoms with van der Waals surface area (Å²) in [5.74, 6) is 1.03. The van der Waals surface area contributed by atoms with Crippen molar-refractivity contribution in [2.24, 2.45) is 0 Å². The second kappa shape index (κ2) is 6.39. The van der Waals surface area contributed by atoms with Crippen molar-refractivity contribution in [3.63, 3.8) is 0 Å². The van der Waals surface area contributed by atoms with Crippen LogP contribution in [0.4, 0.5) is 0 Å². The fourth-order valence-electron chi connectivity index (χ4n) is 2.86. The summed E-state index contributed by atoms with van der Waals surface area (Å²) >= 11 is 2.21. The van der Waals surface area contributed by atoms with Crippen LogP contribution < -0.4 is 5.32 Å². The molecule has 1 aromatic heterocycles. The quantitative estimate of drug-likeness (QED) is 0.816. The van der Waals surface area contributed by atoms with Gasteiger partial charge in [0.15, 0.2) is 3.77 Å². The monoisotopic (exact) mass is 362 g/mol. The molecule has 0 atom stereocenters. The Labute approximate surface area is 123 Å². The lowest BCUT2D eigenvalue weighted by Gasteiger charge is -2.43. The number of nitrogens with zero attached hydrogens (tertiary/aromatic N) is 1. The third-order valence-electron chi connectivity index (χ3n) is 4.12. The molecule has 0 spiro atoms. The van der Waals surface area contributed by atoms with E-state index in [-0.39, 0.29) is 0 Å². The number of rotatable bonds is 5. The Morgan fingerprint density at radius 1 is 1.28 bits per heavy atom. The summed E-state index contributed by atoms with van der Waals surface area (Å²) in [6, 6.07) is 4.07. The minimum atomic E-state index is 0.345. The first-order chi connectivity index (χ1) is 8.62. The molecule has 1 N–H and O–H groups in total. The van der Waals surface area contributed by atoms with Crippen LogP contribution in [0.3, 0.4) is 0 Å². The van der Waals surface area contributed by atoms with E-state index in [0.29, 0.717) is 5.54 Å². The Morgan fingerprint density at radius 3 is 2.56 bits per heavy atom. The number of nitrogens with one attached hydrogen (secondary N) is 1. The van der Waals surface area contributed by atoms with Crippen molar-refractivity contribution < 1.29 is 4.42 Å². The zero-order valence-corrected chi connectivity index (χ0v) is 13.5. The van der Waals surface area contributed by atoms with E-state index in [9.17, 15) is 0 Å². The summed E-state index contributed by atoms with van der Waals surface area (Å²) in [6.07, 6.45) is 6.73. The Bertz CT molecular complexity index is 370. The molecule has 4 heteroatoms. The molecule has 1 fully saturated rings. The third kappa shape index (κ3) is 3.48. The molecule has 1 aromatic rings. The molecular weight excluding hydrogens is 339 g/mol. The van der Waals surface area contributed by atoms with Gasteiger partial charge in [0.25, 0.3) is 0 Å². The molecule has 1 aliphatic carbocycles. The van der Waals surface area contributed by atoms with Gasteiger partial charge in [0.1, 0.15) is 5.76 Å². The van der Waals surface area contributed by atoms with Gasteiger partial charge in [-0.05, 0) is 61.7 Å². The van der Waals surface area contributed by atoms with E-state index >= 15 is 0 Å². The van der Waals surface area contributed by atoms with Gasteiger partial charge in [0.2, 0.25) is 0 Å². The Kier molecular flexibility index (Phi) is 5.09. The first kappa shape index (κ1) is 14.3. The molecule has 0 amide bonds. The van der Waals surface area contributed by atoms with E-state index < -0.39 is 0 Å². The normalized spacial score (nSPS) is 19.3. The summed E-state index contributed by atoms with van der Waals surface area (Å²) in [7, 11) is 4.42. The highest BCUT2D eigenvalue weighted by molar-refractivity contribution is 14.1. The highest BCUT2D eigenvalue weighted by Crippen LogP contribution is 2.31. The number of furan rings is 1. The van der Waals surface area contributed by atoms with Crippen molar-refractivity contribution >= 4 is 22.6 Å². The van der Waals surface area contributed by atoms with Gasteiger partial charge in [-0.1, -0.05) is 19.3 Å². The van der Waals surface area contributed by atoms with E-state index in [0.717, 1.165) is 22.6 Å². The fourth-order valence-corrected chi connectivity index (χ4v) is 3.32. The maximum absolute atomic E-state index is 5.58. The molecule has 2 rings (SSSR count). The molecule has 18 heavy (non-hydrogen) atoms. The molecule has 3 nitrogen and oxygen atoms in total. The molecule has 0 unspecified atom stereocenters. The van der Waals surface area contributed by atoms with E-state index in [4.69, 9.17) is 4.42 Å². The second-order valence-corrected chi connectivity index (χ2v) is 6.55. The standard InChI is InChI=1S/C14H23IN2O/c1-17(2)14(8-4-3-5-9-14)11-16-10-12-6-7-13(15)18-12/h6-7,16H,3-5,8-11H2,1-2H3. The Morgan fingerprint density at radius 2 is 2.00 bits per heavy atom. The van der Waals surface area contributed by atoms with Crippen LogP contribution in [0.2, 0.25) is 0 Å². The first-order valence-electron chi connectivity index (χ1n) is 6.75. The molecule has 1 heterocycles. The molecule has 0 aromatic carbocycles. The zero-order chi connectivity index (χ0) is 13.0. The van der Waals surface area contributed by atoms with Crippen molar-refractivity contribution in [2.45, 2.75) is 44.2 Å². The van der Waals surface area contributed by atoms with Crippen molar-refractivity contribution in [1.82, 2.24) is 10.2 Å². The van der Waals surface area contributed by atoms with E-state index in [1.54, 1.807) is 0 Å². The van der Waals surface area contributed by atoms with Gasteiger partial charge in [0, 0.05) is 12.1 Å². The summed E-state index contributed by atoms with van der Waals surface area (Å²) in [5.41, 5.74) is 0.345. The molecule has 1 aliphatic rings. The lowest BCUT2D eigenvalue weighted by molar-refractivity contribution is 0.0978. The van der Waals surface area contributed by atoms with Gasteiger partial charge >= 0.3 is 0 Å². The largest absolute Gasteiger partial charge is 0.454 e. The summed E-state index contributed by atoms with van der Waals surface area (Å²) in [5, 5.41) is 3.57. The van der Waals surface area contributed by atoms with E-state index in [1.807, 2.05) is 6.07 Å². The second-order valence-electron chi connectivity index (χ2n) is 5.49. The van der Waals surface area contributed by atoms with Gasteiger partial charge < -0.3 is 14.6 Å². The molecule has 1 saturated carbocycles. The molecule has 0 radical (unpaired) electrons. The minimum Gasteiger partial charge on any atom is -0.454 e. The zero-order valence-electron chi connectivity index (χ0n) is 11.3. The van der Waals surface area contributed by atoms with Crippen molar-refractivity contribution in [3.8, 4) is 0 Å². The number of halogens is 1. The smallest absolute Gasteiger partial charge is 0.164 e. The van der Waals surface area contributed by atoms with Crippen LogP contribution in [-0.2, 0) is 6.54 Å². The minimum absolute atomic E-state index is 0.345. The van der Waals surface area contributed by atoms with E-state index in [1.165, 1.54) is 32.1 Å². The van der Waals surface area contributed by atoms with Gasteiger partial charge in [-0.2, -0.15) is 0 Å². The van der Waals surface area contributed by atoms with Crippen LogP contribution in [0, 0.1) is 3.77 Å². The molecule has 0 saturated heterocycles. The summed E-state index contributed by atoms with van der Waals surface area (Å²) < 4.78 is 6.54. The van der Waals surface area contributed by atoms with Gasteiger partial charge in [-0.25, -0.2) is 0 Å². The SMILES string of the molecule is CN(C)C1(CNCc2ccc(I)o2)CCCCC1. The predicted octanol–water partition coefficient (Wildman–Crippen LogP) is 3.24. The summed E-state index contributed by atoms with van der Waals surface area (Å²) in [6.45, 7) is 1.88. The fraction of sp³-hybridized carbons (Fsp3) is 0.714. The van der Waals surface area contributed by atoms with Crippen LogP contribution in [0.15, 0.2) is 16.5 Å². The van der Waals surface area contributed by atoms with Gasteiger partial charge in [0.05, 0.1) is 6.54 Å². The van der Waals surface area contributed by atoms with E-state index in [2.05, 4.69) is 53.0 Å². The lowest BCUT2D eigenvalue weighted by Crippen LogP contribution is -2.52.